The first-order chi connectivity index (χ1) is 13.3. The number of amides is 1. The van der Waals surface area contributed by atoms with Crippen LogP contribution in [-0.4, -0.2) is 37.0 Å². The Balaban J connectivity index is 1.78. The highest BCUT2D eigenvalue weighted by atomic mass is 16.5. The van der Waals surface area contributed by atoms with E-state index in [-0.39, 0.29) is 29.5 Å². The summed E-state index contributed by atoms with van der Waals surface area (Å²) in [5, 5.41) is 2.66. The van der Waals surface area contributed by atoms with Crippen molar-refractivity contribution in [3.63, 3.8) is 0 Å². The van der Waals surface area contributed by atoms with Crippen molar-refractivity contribution < 1.29 is 14.3 Å². The van der Waals surface area contributed by atoms with Crippen LogP contribution in [0.3, 0.4) is 0 Å². The van der Waals surface area contributed by atoms with Gasteiger partial charge in [0.15, 0.2) is 23.6 Å². The fraction of sp³-hybridized carbons (Fsp3) is 0.278. The van der Waals surface area contributed by atoms with Crippen molar-refractivity contribution in [2.75, 3.05) is 11.9 Å². The number of carbonyl (C=O) groups excluding carboxylic acids is 2. The molecule has 10 nitrogen and oxygen atoms in total. The standard InChI is InChI=1S/C18H17N5O5/c1-9(15(25)10-4-5-12-11(6-10)20-13(24)7-28-12)23-8-19-16-14(23)17(26)22(3)18(27)21(16)2/h4-6,8-9H,7H2,1-3H3,(H,20,24)/t9-/m1/s1. The normalized spacial score (nSPS) is 14.3. The smallest absolute Gasteiger partial charge is 0.332 e. The number of nitrogens with zero attached hydrogens (tertiary/aromatic N) is 4. The molecule has 2 aromatic heterocycles. The van der Waals surface area contributed by atoms with E-state index in [2.05, 4.69) is 10.3 Å². The monoisotopic (exact) mass is 383 g/mol. The molecule has 1 aliphatic heterocycles. The Bertz CT molecular complexity index is 1270. The molecule has 4 rings (SSSR count). The maximum Gasteiger partial charge on any atom is 0.332 e. The van der Waals surface area contributed by atoms with Gasteiger partial charge < -0.3 is 14.6 Å². The molecule has 0 saturated heterocycles. The largest absolute Gasteiger partial charge is 0.482 e. The molecular weight excluding hydrogens is 366 g/mol. The molecule has 0 spiro atoms. The average molecular weight is 383 g/mol. The van der Waals surface area contributed by atoms with Gasteiger partial charge in [0.25, 0.3) is 11.5 Å². The summed E-state index contributed by atoms with van der Waals surface area (Å²) in [6.07, 6.45) is 1.37. The fourth-order valence-corrected chi connectivity index (χ4v) is 3.26. The van der Waals surface area contributed by atoms with E-state index in [4.69, 9.17) is 4.74 Å². The third-order valence-corrected chi connectivity index (χ3v) is 4.87. The van der Waals surface area contributed by atoms with Gasteiger partial charge in [-0.1, -0.05) is 0 Å². The zero-order valence-corrected chi connectivity index (χ0v) is 15.4. The maximum absolute atomic E-state index is 13.0. The molecule has 1 N–H and O–H groups in total. The summed E-state index contributed by atoms with van der Waals surface area (Å²) in [5.41, 5.74) is 0.121. The van der Waals surface area contributed by atoms with Crippen LogP contribution in [0.5, 0.6) is 5.75 Å². The number of benzene rings is 1. The van der Waals surface area contributed by atoms with Crippen LogP contribution in [0.2, 0.25) is 0 Å². The van der Waals surface area contributed by atoms with Gasteiger partial charge in [0.1, 0.15) is 5.75 Å². The number of carbonyl (C=O) groups is 2. The average Bonchev–Trinajstić information content (AvgIpc) is 3.14. The second-order valence-corrected chi connectivity index (χ2v) is 6.62. The first-order valence-electron chi connectivity index (χ1n) is 8.53. The van der Waals surface area contributed by atoms with E-state index >= 15 is 0 Å². The lowest BCUT2D eigenvalue weighted by atomic mass is 10.0. The predicted molar refractivity (Wildman–Crippen MR) is 99.8 cm³/mol. The summed E-state index contributed by atoms with van der Waals surface area (Å²) in [5.74, 6) is -0.0891. The number of Topliss-reactive ketones (excluding diaryl/α,β-unsaturated/α-hetero) is 1. The van der Waals surface area contributed by atoms with E-state index in [1.54, 1.807) is 19.1 Å². The zero-order valence-electron chi connectivity index (χ0n) is 15.4. The molecule has 1 atom stereocenters. The van der Waals surface area contributed by atoms with Gasteiger partial charge in [-0.3, -0.25) is 23.5 Å². The molecule has 0 radical (unpaired) electrons. The van der Waals surface area contributed by atoms with Crippen molar-refractivity contribution >= 4 is 28.5 Å². The molecule has 1 aliphatic rings. The van der Waals surface area contributed by atoms with Gasteiger partial charge in [-0.05, 0) is 25.1 Å². The number of imidazole rings is 1. The van der Waals surface area contributed by atoms with E-state index in [0.29, 0.717) is 17.0 Å². The Morgan fingerprint density at radius 3 is 2.71 bits per heavy atom. The Morgan fingerprint density at radius 1 is 1.21 bits per heavy atom. The molecule has 3 aromatic rings. The molecular formula is C18H17N5O5. The van der Waals surface area contributed by atoms with E-state index in [1.165, 1.54) is 35.6 Å². The molecule has 0 bridgehead atoms. The third-order valence-electron chi connectivity index (χ3n) is 4.87. The summed E-state index contributed by atoms with van der Waals surface area (Å²) >= 11 is 0. The van der Waals surface area contributed by atoms with Crippen LogP contribution in [0, 0.1) is 0 Å². The van der Waals surface area contributed by atoms with Crippen LogP contribution in [0.1, 0.15) is 23.3 Å². The number of hydrogen-bond donors (Lipinski definition) is 1. The minimum absolute atomic E-state index is 0.0697. The maximum atomic E-state index is 13.0. The summed E-state index contributed by atoms with van der Waals surface area (Å²) < 4.78 is 8.99. The third kappa shape index (κ3) is 2.53. The number of aryl methyl sites for hydroxylation is 1. The van der Waals surface area contributed by atoms with Gasteiger partial charge in [-0.25, -0.2) is 9.78 Å². The molecule has 0 fully saturated rings. The van der Waals surface area contributed by atoms with Crippen LogP contribution >= 0.6 is 0 Å². The van der Waals surface area contributed by atoms with Crippen LogP contribution in [0.25, 0.3) is 11.2 Å². The molecule has 1 amide bonds. The first kappa shape index (κ1) is 17.7. The SMILES string of the molecule is C[C@H](C(=O)c1ccc2c(c1)NC(=O)CO2)n1cnc2c1c(=O)n(C)c(=O)n2C. The Hall–Kier alpha value is -3.69. The lowest BCUT2D eigenvalue weighted by Gasteiger charge is -2.19. The van der Waals surface area contributed by atoms with Gasteiger partial charge in [0, 0.05) is 19.7 Å². The topological polar surface area (TPSA) is 117 Å². The Morgan fingerprint density at radius 2 is 1.96 bits per heavy atom. The minimum Gasteiger partial charge on any atom is -0.482 e. The highest BCUT2D eigenvalue weighted by molar-refractivity contribution is 6.02. The summed E-state index contributed by atoms with van der Waals surface area (Å²) in [6.45, 7) is 1.57. The van der Waals surface area contributed by atoms with Crippen LogP contribution in [0.4, 0.5) is 5.69 Å². The van der Waals surface area contributed by atoms with Crippen molar-refractivity contribution in [1.82, 2.24) is 18.7 Å². The van der Waals surface area contributed by atoms with Gasteiger partial charge in [-0.15, -0.1) is 0 Å². The van der Waals surface area contributed by atoms with E-state index < -0.39 is 17.3 Å². The van der Waals surface area contributed by atoms with Crippen molar-refractivity contribution in [2.45, 2.75) is 13.0 Å². The summed E-state index contributed by atoms with van der Waals surface area (Å²) in [6, 6.07) is 4.00. The molecule has 3 heterocycles. The number of anilines is 1. The number of hydrogen-bond acceptors (Lipinski definition) is 6. The van der Waals surface area contributed by atoms with E-state index in [0.717, 1.165) is 4.57 Å². The zero-order chi connectivity index (χ0) is 20.2. The molecule has 10 heteroatoms. The second-order valence-electron chi connectivity index (χ2n) is 6.62. The second kappa shape index (κ2) is 6.19. The number of aromatic nitrogens is 4. The van der Waals surface area contributed by atoms with Crippen molar-refractivity contribution in [3.8, 4) is 5.75 Å². The summed E-state index contributed by atoms with van der Waals surface area (Å²) in [7, 11) is 2.89. The number of nitrogens with one attached hydrogen (secondary N) is 1. The highest BCUT2D eigenvalue weighted by Gasteiger charge is 2.24. The Kier molecular flexibility index (Phi) is 3.91. The number of rotatable bonds is 3. The molecule has 0 saturated carbocycles. The molecule has 1 aromatic carbocycles. The lowest BCUT2D eigenvalue weighted by molar-refractivity contribution is -0.118. The number of ketones is 1. The number of ether oxygens (including phenoxy) is 1. The van der Waals surface area contributed by atoms with Gasteiger partial charge in [0.05, 0.1) is 18.1 Å². The molecule has 144 valence electrons. The van der Waals surface area contributed by atoms with E-state index in [9.17, 15) is 19.2 Å². The van der Waals surface area contributed by atoms with Gasteiger partial charge in [0.2, 0.25) is 0 Å². The molecule has 0 unspecified atom stereocenters. The molecule has 28 heavy (non-hydrogen) atoms. The van der Waals surface area contributed by atoms with Crippen LogP contribution in [-0.2, 0) is 18.9 Å². The van der Waals surface area contributed by atoms with Gasteiger partial charge in [-0.2, -0.15) is 0 Å². The lowest BCUT2D eigenvalue weighted by Crippen LogP contribution is -2.38. The highest BCUT2D eigenvalue weighted by Crippen LogP contribution is 2.30. The van der Waals surface area contributed by atoms with Crippen molar-refractivity contribution in [3.05, 3.63) is 50.9 Å². The van der Waals surface area contributed by atoms with Crippen molar-refractivity contribution in [2.24, 2.45) is 14.1 Å². The number of fused-ring (bicyclic) bond motifs is 2. The minimum atomic E-state index is -0.756. The summed E-state index contributed by atoms with van der Waals surface area (Å²) in [4.78, 5) is 53.3. The van der Waals surface area contributed by atoms with Crippen LogP contribution < -0.4 is 21.3 Å². The van der Waals surface area contributed by atoms with E-state index in [1.807, 2.05) is 0 Å². The molecule has 0 aliphatic carbocycles. The first-order valence-corrected chi connectivity index (χ1v) is 8.53. The Labute approximate surface area is 158 Å². The van der Waals surface area contributed by atoms with Gasteiger partial charge >= 0.3 is 5.69 Å². The quantitative estimate of drug-likeness (QED) is 0.646. The van der Waals surface area contributed by atoms with Crippen LogP contribution in [0.15, 0.2) is 34.1 Å². The predicted octanol–water partition coefficient (Wildman–Crippen LogP) is 0.208. The fourth-order valence-electron chi connectivity index (χ4n) is 3.26. The van der Waals surface area contributed by atoms with Crippen molar-refractivity contribution in [1.29, 1.82) is 0 Å².